The summed E-state index contributed by atoms with van der Waals surface area (Å²) in [7, 11) is -3.69. The van der Waals surface area contributed by atoms with Gasteiger partial charge in [-0.25, -0.2) is 13.2 Å². The van der Waals surface area contributed by atoms with E-state index in [0.29, 0.717) is 19.3 Å². The Balaban J connectivity index is 1.56. The molecule has 0 saturated carbocycles. The van der Waals surface area contributed by atoms with Crippen LogP contribution in [0.5, 0.6) is 0 Å². The molecule has 2 fully saturated rings. The smallest absolute Gasteiger partial charge is 0.326 e. The number of carboxylic acid groups (broad SMARTS) is 1. The lowest BCUT2D eigenvalue weighted by atomic mass is 9.95. The summed E-state index contributed by atoms with van der Waals surface area (Å²) in [4.78, 5) is 27.4. The molecule has 8 nitrogen and oxygen atoms in total. The van der Waals surface area contributed by atoms with Crippen molar-refractivity contribution in [1.82, 2.24) is 14.5 Å². The van der Waals surface area contributed by atoms with E-state index in [9.17, 15) is 23.1 Å². The Hall–Kier alpha value is -2.75. The van der Waals surface area contributed by atoms with E-state index in [1.54, 1.807) is 19.1 Å². The standard InChI is InChI=1S/C27H35N3O5S/c1-3-8-20-11-13-22(14-12-20)36(34,35)29-17-15-27(16-18-29)28-23(19-21-9-6-5-7-10-21)25(31)30(27)24(4-2)26(32)33/h5-7,9-14,23-24,28H,3-4,8,15-19H2,1-2H3,(H,32,33). The van der Waals surface area contributed by atoms with E-state index in [2.05, 4.69) is 12.2 Å². The molecule has 9 heteroatoms. The van der Waals surface area contributed by atoms with Crippen LogP contribution in [0.15, 0.2) is 59.5 Å². The highest BCUT2D eigenvalue weighted by molar-refractivity contribution is 7.89. The largest absolute Gasteiger partial charge is 0.480 e. The van der Waals surface area contributed by atoms with Crippen molar-refractivity contribution in [1.29, 1.82) is 0 Å². The van der Waals surface area contributed by atoms with Crippen LogP contribution in [0.1, 0.15) is 50.7 Å². The second kappa shape index (κ2) is 10.7. The second-order valence-electron chi connectivity index (χ2n) is 9.69. The van der Waals surface area contributed by atoms with Crippen LogP contribution in [0.3, 0.4) is 0 Å². The molecule has 2 aromatic rings. The van der Waals surface area contributed by atoms with Gasteiger partial charge in [0.25, 0.3) is 0 Å². The zero-order valence-electron chi connectivity index (χ0n) is 20.9. The molecule has 0 radical (unpaired) electrons. The Morgan fingerprint density at radius 1 is 1.06 bits per heavy atom. The molecule has 2 atom stereocenters. The number of nitrogens with one attached hydrogen (secondary N) is 1. The summed E-state index contributed by atoms with van der Waals surface area (Å²) < 4.78 is 28.1. The molecular weight excluding hydrogens is 478 g/mol. The van der Waals surface area contributed by atoms with Crippen LogP contribution in [-0.2, 0) is 32.5 Å². The van der Waals surface area contributed by atoms with Crippen molar-refractivity contribution >= 4 is 21.9 Å². The van der Waals surface area contributed by atoms with Crippen LogP contribution in [0.4, 0.5) is 0 Å². The van der Waals surface area contributed by atoms with E-state index in [1.807, 2.05) is 42.5 Å². The fraction of sp³-hybridized carbons (Fsp3) is 0.481. The van der Waals surface area contributed by atoms with E-state index < -0.39 is 33.7 Å². The molecule has 36 heavy (non-hydrogen) atoms. The summed E-state index contributed by atoms with van der Waals surface area (Å²) >= 11 is 0. The molecule has 2 N–H and O–H groups in total. The van der Waals surface area contributed by atoms with Gasteiger partial charge in [0.15, 0.2) is 0 Å². The van der Waals surface area contributed by atoms with Gasteiger partial charge in [0.2, 0.25) is 15.9 Å². The highest BCUT2D eigenvalue weighted by Crippen LogP contribution is 2.37. The fourth-order valence-electron chi connectivity index (χ4n) is 5.49. The maximum atomic E-state index is 13.5. The number of aryl methyl sites for hydroxylation is 1. The molecule has 0 aromatic heterocycles. The lowest BCUT2D eigenvalue weighted by Crippen LogP contribution is -2.63. The van der Waals surface area contributed by atoms with E-state index >= 15 is 0 Å². The third-order valence-corrected chi connectivity index (χ3v) is 9.27. The van der Waals surface area contributed by atoms with Crippen LogP contribution in [0.25, 0.3) is 0 Å². The molecule has 0 aliphatic carbocycles. The van der Waals surface area contributed by atoms with Gasteiger partial charge in [0.05, 0.1) is 16.6 Å². The summed E-state index contributed by atoms with van der Waals surface area (Å²) in [5.41, 5.74) is 1.18. The van der Waals surface area contributed by atoms with Crippen molar-refractivity contribution in [3.8, 4) is 0 Å². The van der Waals surface area contributed by atoms with Gasteiger partial charge in [0, 0.05) is 13.1 Å². The minimum Gasteiger partial charge on any atom is -0.480 e. The molecule has 2 unspecified atom stereocenters. The van der Waals surface area contributed by atoms with Crippen LogP contribution >= 0.6 is 0 Å². The van der Waals surface area contributed by atoms with Gasteiger partial charge in [-0.15, -0.1) is 0 Å². The van der Waals surface area contributed by atoms with Crippen molar-refractivity contribution in [3.63, 3.8) is 0 Å². The summed E-state index contributed by atoms with van der Waals surface area (Å²) in [5, 5.41) is 13.4. The average Bonchev–Trinajstić information content (AvgIpc) is 3.11. The van der Waals surface area contributed by atoms with Crippen molar-refractivity contribution in [2.24, 2.45) is 0 Å². The van der Waals surface area contributed by atoms with Gasteiger partial charge in [-0.05, 0) is 55.4 Å². The van der Waals surface area contributed by atoms with Crippen molar-refractivity contribution in [2.45, 2.75) is 75.0 Å². The quantitative estimate of drug-likeness (QED) is 0.534. The normalized spacial score (nSPS) is 21.1. The molecule has 4 rings (SSSR count). The summed E-state index contributed by atoms with van der Waals surface area (Å²) in [6, 6.07) is 15.1. The molecule has 2 saturated heterocycles. The SMILES string of the molecule is CCCc1ccc(S(=O)(=O)N2CCC3(CC2)NC(Cc2ccccc2)C(=O)N3C(CC)C(=O)O)cc1. The monoisotopic (exact) mass is 513 g/mol. The number of carbonyl (C=O) groups is 2. The lowest BCUT2D eigenvalue weighted by molar-refractivity contribution is -0.154. The first-order chi connectivity index (χ1) is 17.2. The Kier molecular flexibility index (Phi) is 7.82. The average molecular weight is 514 g/mol. The minimum absolute atomic E-state index is 0.198. The van der Waals surface area contributed by atoms with Gasteiger partial charge in [0.1, 0.15) is 6.04 Å². The Bertz CT molecular complexity index is 1180. The highest BCUT2D eigenvalue weighted by atomic mass is 32.2. The second-order valence-corrected chi connectivity index (χ2v) is 11.6. The number of benzene rings is 2. The van der Waals surface area contributed by atoms with Gasteiger partial charge in [-0.2, -0.15) is 4.31 Å². The molecule has 2 aliphatic heterocycles. The number of hydrogen-bond acceptors (Lipinski definition) is 5. The Labute approximate surface area is 213 Å². The third kappa shape index (κ3) is 5.05. The predicted molar refractivity (Wildman–Crippen MR) is 137 cm³/mol. The summed E-state index contributed by atoms with van der Waals surface area (Å²) in [6.07, 6.45) is 3.24. The minimum atomic E-state index is -3.69. The molecule has 194 valence electrons. The van der Waals surface area contributed by atoms with E-state index in [1.165, 1.54) is 9.21 Å². The summed E-state index contributed by atoms with van der Waals surface area (Å²) in [5.74, 6) is -1.29. The van der Waals surface area contributed by atoms with Crippen LogP contribution in [0.2, 0.25) is 0 Å². The number of sulfonamides is 1. The molecule has 2 heterocycles. The van der Waals surface area contributed by atoms with Crippen molar-refractivity contribution < 1.29 is 23.1 Å². The highest BCUT2D eigenvalue weighted by Gasteiger charge is 2.55. The molecule has 1 spiro atoms. The molecule has 2 aromatic carbocycles. The van der Waals surface area contributed by atoms with E-state index in [-0.39, 0.29) is 30.3 Å². The predicted octanol–water partition coefficient (Wildman–Crippen LogP) is 3.03. The number of amides is 1. The number of carboxylic acids is 1. The zero-order chi connectivity index (χ0) is 25.9. The number of hydrogen-bond donors (Lipinski definition) is 2. The van der Waals surface area contributed by atoms with E-state index in [4.69, 9.17) is 0 Å². The number of rotatable bonds is 9. The van der Waals surface area contributed by atoms with Crippen molar-refractivity contribution in [2.75, 3.05) is 13.1 Å². The zero-order valence-corrected chi connectivity index (χ0v) is 21.7. The van der Waals surface area contributed by atoms with Gasteiger partial charge in [-0.3, -0.25) is 10.1 Å². The maximum Gasteiger partial charge on any atom is 0.326 e. The van der Waals surface area contributed by atoms with Gasteiger partial charge >= 0.3 is 5.97 Å². The fourth-order valence-corrected chi connectivity index (χ4v) is 6.93. The number of piperidine rings is 1. The Morgan fingerprint density at radius 2 is 1.69 bits per heavy atom. The maximum absolute atomic E-state index is 13.5. The topological polar surface area (TPSA) is 107 Å². The van der Waals surface area contributed by atoms with Gasteiger partial charge in [-0.1, -0.05) is 62.7 Å². The van der Waals surface area contributed by atoms with Crippen LogP contribution in [-0.4, -0.2) is 65.4 Å². The summed E-state index contributed by atoms with van der Waals surface area (Å²) in [6.45, 7) is 4.23. The number of aliphatic carboxylic acids is 1. The Morgan fingerprint density at radius 3 is 2.25 bits per heavy atom. The first kappa shape index (κ1) is 26.3. The number of nitrogens with zero attached hydrogens (tertiary/aromatic N) is 2. The lowest BCUT2D eigenvalue weighted by Gasteiger charge is -2.46. The van der Waals surface area contributed by atoms with Gasteiger partial charge < -0.3 is 10.0 Å². The third-order valence-electron chi connectivity index (χ3n) is 7.36. The molecule has 0 bridgehead atoms. The van der Waals surface area contributed by atoms with E-state index in [0.717, 1.165) is 24.0 Å². The van der Waals surface area contributed by atoms with Crippen LogP contribution < -0.4 is 5.32 Å². The first-order valence-corrected chi connectivity index (χ1v) is 14.1. The molecule has 1 amide bonds. The molecular formula is C27H35N3O5S. The first-order valence-electron chi connectivity index (χ1n) is 12.7. The van der Waals surface area contributed by atoms with Crippen LogP contribution in [0, 0.1) is 0 Å². The van der Waals surface area contributed by atoms with Crippen molar-refractivity contribution in [3.05, 3.63) is 65.7 Å². The number of carbonyl (C=O) groups excluding carboxylic acids is 1. The molecule has 2 aliphatic rings.